The Bertz CT molecular complexity index is 905. The summed E-state index contributed by atoms with van der Waals surface area (Å²) in [5, 5.41) is 9.22. The predicted octanol–water partition coefficient (Wildman–Crippen LogP) is 3.64. The van der Waals surface area contributed by atoms with Gasteiger partial charge in [0, 0.05) is 29.9 Å². The molecule has 28 heavy (non-hydrogen) atoms. The number of likely N-dealkylation sites (tertiary alicyclic amines) is 1. The summed E-state index contributed by atoms with van der Waals surface area (Å²) in [4.78, 5) is 39.3. The molecular formula is C21H26N4O3. The predicted molar refractivity (Wildman–Crippen MR) is 105 cm³/mol. The molecule has 3 heterocycles. The van der Waals surface area contributed by atoms with Crippen molar-refractivity contribution in [3.05, 3.63) is 41.6 Å². The summed E-state index contributed by atoms with van der Waals surface area (Å²) in [6, 6.07) is 3.31. The third-order valence-corrected chi connectivity index (χ3v) is 4.89. The normalized spacial score (nSPS) is 17.4. The molecule has 1 atom stereocenters. The molecule has 0 aromatic carbocycles. The first-order valence-electron chi connectivity index (χ1n) is 9.52. The van der Waals surface area contributed by atoms with Crippen LogP contribution in [-0.2, 0) is 4.79 Å². The average molecular weight is 382 g/mol. The van der Waals surface area contributed by atoms with E-state index in [4.69, 9.17) is 0 Å². The number of aryl methyl sites for hydroxylation is 1. The lowest BCUT2D eigenvalue weighted by Crippen LogP contribution is -2.44. The van der Waals surface area contributed by atoms with Gasteiger partial charge in [-0.1, -0.05) is 20.8 Å². The minimum absolute atomic E-state index is 0.100. The van der Waals surface area contributed by atoms with E-state index in [9.17, 15) is 14.7 Å². The van der Waals surface area contributed by atoms with Gasteiger partial charge in [-0.15, -0.1) is 0 Å². The molecule has 2 aromatic rings. The van der Waals surface area contributed by atoms with Crippen LogP contribution in [0.4, 0.5) is 0 Å². The summed E-state index contributed by atoms with van der Waals surface area (Å²) in [6.07, 6.45) is 5.78. The number of hydrogen-bond acceptors (Lipinski definition) is 5. The van der Waals surface area contributed by atoms with E-state index in [1.165, 1.54) is 6.20 Å². The number of carboxylic acids is 1. The fourth-order valence-electron chi connectivity index (χ4n) is 3.52. The first kappa shape index (κ1) is 19.9. The summed E-state index contributed by atoms with van der Waals surface area (Å²) < 4.78 is 0. The first-order chi connectivity index (χ1) is 13.2. The van der Waals surface area contributed by atoms with Crippen LogP contribution in [0.3, 0.4) is 0 Å². The van der Waals surface area contributed by atoms with E-state index in [1.54, 1.807) is 19.2 Å². The number of nitrogens with zero attached hydrogens (tertiary/aromatic N) is 4. The number of pyridine rings is 1. The van der Waals surface area contributed by atoms with Gasteiger partial charge in [0.1, 0.15) is 5.82 Å². The Labute approximate surface area is 164 Å². The molecule has 148 valence electrons. The van der Waals surface area contributed by atoms with Crippen molar-refractivity contribution in [3.8, 4) is 11.3 Å². The molecular weight excluding hydrogens is 356 g/mol. The molecule has 3 rings (SSSR count). The fourth-order valence-corrected chi connectivity index (χ4v) is 3.52. The van der Waals surface area contributed by atoms with E-state index >= 15 is 0 Å². The molecule has 1 N–H and O–H groups in total. The molecule has 0 saturated carbocycles. The van der Waals surface area contributed by atoms with Gasteiger partial charge in [0.05, 0.1) is 23.0 Å². The van der Waals surface area contributed by atoms with E-state index in [-0.39, 0.29) is 17.5 Å². The number of carboxylic acid groups (broad SMARTS) is 1. The van der Waals surface area contributed by atoms with Crippen molar-refractivity contribution < 1.29 is 14.7 Å². The second-order valence-corrected chi connectivity index (χ2v) is 8.25. The van der Waals surface area contributed by atoms with Crippen molar-refractivity contribution in [1.82, 2.24) is 19.9 Å². The largest absolute Gasteiger partial charge is 0.478 e. The van der Waals surface area contributed by atoms with Crippen molar-refractivity contribution in [2.75, 3.05) is 6.54 Å². The van der Waals surface area contributed by atoms with Gasteiger partial charge >= 0.3 is 5.97 Å². The number of rotatable bonds is 3. The Balaban J connectivity index is 2.01. The van der Waals surface area contributed by atoms with E-state index < -0.39 is 11.4 Å². The lowest BCUT2D eigenvalue weighted by Gasteiger charge is -2.39. The maximum atomic E-state index is 13.0. The number of amides is 1. The SMILES string of the molecule is Cc1nc(-c2cncc(C(=O)O)c2)cc([C@H]2CCCCN2C(=O)C(C)(C)C)n1. The molecule has 0 aliphatic carbocycles. The van der Waals surface area contributed by atoms with Crippen LogP contribution >= 0.6 is 0 Å². The molecule has 1 aliphatic rings. The summed E-state index contributed by atoms with van der Waals surface area (Å²) in [5.41, 5.74) is 1.68. The Morgan fingerprint density at radius 1 is 1.14 bits per heavy atom. The Morgan fingerprint density at radius 3 is 2.57 bits per heavy atom. The summed E-state index contributed by atoms with van der Waals surface area (Å²) in [7, 11) is 0. The molecule has 0 bridgehead atoms. The molecule has 7 nitrogen and oxygen atoms in total. The smallest absolute Gasteiger partial charge is 0.337 e. The highest BCUT2D eigenvalue weighted by Crippen LogP contribution is 2.34. The lowest BCUT2D eigenvalue weighted by atomic mass is 9.90. The highest BCUT2D eigenvalue weighted by molar-refractivity contribution is 5.88. The van der Waals surface area contributed by atoms with Gasteiger partial charge in [0.25, 0.3) is 0 Å². The fraction of sp³-hybridized carbons (Fsp3) is 0.476. The molecule has 1 fully saturated rings. The van der Waals surface area contributed by atoms with Gasteiger partial charge in [-0.25, -0.2) is 14.8 Å². The number of piperidine rings is 1. The third kappa shape index (κ3) is 4.18. The van der Waals surface area contributed by atoms with Crippen molar-refractivity contribution in [3.63, 3.8) is 0 Å². The highest BCUT2D eigenvalue weighted by atomic mass is 16.4. The van der Waals surface area contributed by atoms with Crippen LogP contribution in [0.25, 0.3) is 11.3 Å². The average Bonchev–Trinajstić information content (AvgIpc) is 2.66. The highest BCUT2D eigenvalue weighted by Gasteiger charge is 2.35. The van der Waals surface area contributed by atoms with Crippen LogP contribution in [-0.4, -0.2) is 43.4 Å². The third-order valence-electron chi connectivity index (χ3n) is 4.89. The second kappa shape index (κ2) is 7.66. The van der Waals surface area contributed by atoms with Crippen LogP contribution in [0.2, 0.25) is 0 Å². The monoisotopic (exact) mass is 382 g/mol. The zero-order valence-electron chi connectivity index (χ0n) is 16.8. The van der Waals surface area contributed by atoms with Crippen LogP contribution in [0.5, 0.6) is 0 Å². The second-order valence-electron chi connectivity index (χ2n) is 8.25. The number of carbonyl (C=O) groups excluding carboxylic acids is 1. The Kier molecular flexibility index (Phi) is 5.45. The van der Waals surface area contributed by atoms with E-state index in [0.29, 0.717) is 17.1 Å². The molecule has 7 heteroatoms. The molecule has 1 saturated heterocycles. The Hall–Kier alpha value is -2.83. The van der Waals surface area contributed by atoms with Gasteiger partial charge in [-0.2, -0.15) is 0 Å². The van der Waals surface area contributed by atoms with Crippen molar-refractivity contribution >= 4 is 11.9 Å². The van der Waals surface area contributed by atoms with Gasteiger partial charge < -0.3 is 10.0 Å². The summed E-state index contributed by atoms with van der Waals surface area (Å²) >= 11 is 0. The maximum Gasteiger partial charge on any atom is 0.337 e. The Morgan fingerprint density at radius 2 is 1.89 bits per heavy atom. The molecule has 1 aliphatic heterocycles. The quantitative estimate of drug-likeness (QED) is 0.870. The van der Waals surface area contributed by atoms with Crippen LogP contribution in [0.1, 0.15) is 68.0 Å². The van der Waals surface area contributed by atoms with Crippen molar-refractivity contribution in [2.24, 2.45) is 5.41 Å². The van der Waals surface area contributed by atoms with Gasteiger partial charge in [0.2, 0.25) is 5.91 Å². The summed E-state index contributed by atoms with van der Waals surface area (Å²) in [5.74, 6) is -0.332. The molecule has 0 spiro atoms. The zero-order chi connectivity index (χ0) is 20.5. The minimum atomic E-state index is -1.03. The van der Waals surface area contributed by atoms with E-state index in [2.05, 4.69) is 15.0 Å². The molecule has 1 amide bonds. The molecule has 0 radical (unpaired) electrons. The first-order valence-corrected chi connectivity index (χ1v) is 9.52. The number of hydrogen-bond donors (Lipinski definition) is 1. The van der Waals surface area contributed by atoms with Gasteiger partial charge in [0.15, 0.2) is 0 Å². The van der Waals surface area contributed by atoms with E-state index in [1.807, 2.05) is 31.7 Å². The van der Waals surface area contributed by atoms with Gasteiger partial charge in [-0.3, -0.25) is 9.78 Å². The number of aromatic carboxylic acids is 1. The lowest BCUT2D eigenvalue weighted by molar-refractivity contribution is -0.143. The van der Waals surface area contributed by atoms with Crippen molar-refractivity contribution in [1.29, 1.82) is 0 Å². The maximum absolute atomic E-state index is 13.0. The van der Waals surface area contributed by atoms with E-state index in [0.717, 1.165) is 31.5 Å². The van der Waals surface area contributed by atoms with Crippen LogP contribution < -0.4 is 0 Å². The molecule has 0 unspecified atom stereocenters. The standard InChI is InChI=1S/C21H26N4O3/c1-13-23-16(14-9-15(19(26)27)12-22-11-14)10-17(24-13)18-7-5-6-8-25(18)20(28)21(2,3)4/h9-12,18H,5-8H2,1-4H3,(H,26,27)/t18-/m1/s1. The zero-order valence-corrected chi connectivity index (χ0v) is 16.8. The summed E-state index contributed by atoms with van der Waals surface area (Å²) in [6.45, 7) is 8.32. The van der Waals surface area contributed by atoms with Crippen LogP contribution in [0, 0.1) is 12.3 Å². The van der Waals surface area contributed by atoms with Gasteiger partial charge in [-0.05, 0) is 38.3 Å². The number of aromatic nitrogens is 3. The van der Waals surface area contributed by atoms with Crippen molar-refractivity contribution in [2.45, 2.75) is 53.0 Å². The minimum Gasteiger partial charge on any atom is -0.478 e. The molecule has 2 aromatic heterocycles. The van der Waals surface area contributed by atoms with Crippen LogP contribution in [0.15, 0.2) is 24.5 Å². The topological polar surface area (TPSA) is 96.3 Å². The number of carbonyl (C=O) groups is 2.